The van der Waals surface area contributed by atoms with Gasteiger partial charge in [-0.2, -0.15) is 0 Å². The molecule has 0 saturated heterocycles. The summed E-state index contributed by atoms with van der Waals surface area (Å²) in [5.41, 5.74) is 6.08. The second-order valence-electron chi connectivity index (χ2n) is 15.8. The molecule has 3 aliphatic rings. The maximum atomic E-state index is 14.4. The molecule has 0 aromatic heterocycles. The Bertz CT molecular complexity index is 2860. The smallest absolute Gasteiger partial charge is 0.427 e. The van der Waals surface area contributed by atoms with Gasteiger partial charge >= 0.3 is 25.9 Å². The number of ether oxygens (including phenoxy) is 2. The lowest BCUT2D eigenvalue weighted by atomic mass is 9.65. The van der Waals surface area contributed by atoms with Crippen molar-refractivity contribution in [3.63, 3.8) is 0 Å². The number of nitrogens with one attached hydrogen (secondary N) is 3. The highest BCUT2D eigenvalue weighted by atomic mass is 16.5. The number of nitrogens with zero attached hydrogens (tertiary/aromatic N) is 1. The highest BCUT2D eigenvalue weighted by Gasteiger charge is 2.39. The zero-order chi connectivity index (χ0) is 40.2. The summed E-state index contributed by atoms with van der Waals surface area (Å²) in [6, 6.07) is 34.0. The van der Waals surface area contributed by atoms with Crippen molar-refractivity contribution in [2.45, 2.75) is 27.7 Å². The molecule has 0 unspecified atom stereocenters. The normalized spacial score (nSPS) is 15.2. The fourth-order valence-corrected chi connectivity index (χ4v) is 7.81. The number of aliphatic hydroxyl groups is 1. The first-order valence-electron chi connectivity index (χ1n) is 19.6. The van der Waals surface area contributed by atoms with E-state index in [-0.39, 0.29) is 46.5 Å². The lowest BCUT2D eigenvalue weighted by molar-refractivity contribution is -0.109. The van der Waals surface area contributed by atoms with E-state index in [4.69, 9.17) is 14.4 Å². The molecular weight excluding hydrogens is 726 g/mol. The monoisotopic (exact) mass is 766 g/mol. The number of allylic oxidation sites excluding steroid dienone is 2. The van der Waals surface area contributed by atoms with Gasteiger partial charge in [0.2, 0.25) is 5.78 Å². The third kappa shape index (κ3) is 6.44. The Kier molecular flexibility index (Phi) is 9.27. The van der Waals surface area contributed by atoms with Crippen LogP contribution in [0.25, 0.3) is 32.7 Å². The minimum Gasteiger partial charge on any atom is -0.506 e. The minimum absolute atomic E-state index is 0.0955. The van der Waals surface area contributed by atoms with Crippen molar-refractivity contribution in [3.05, 3.63) is 142 Å². The third-order valence-corrected chi connectivity index (χ3v) is 10.7. The summed E-state index contributed by atoms with van der Waals surface area (Å²) >= 11 is 0. The molecule has 6 aromatic carbocycles. The van der Waals surface area contributed by atoms with Crippen LogP contribution in [0.2, 0.25) is 0 Å². The number of esters is 2. The predicted octanol–water partition coefficient (Wildman–Crippen LogP) is 5.99. The molecule has 6 aromatic rings. The van der Waals surface area contributed by atoms with Crippen molar-refractivity contribution in [3.8, 4) is 0 Å². The molecule has 286 valence electrons. The summed E-state index contributed by atoms with van der Waals surface area (Å²) in [4.78, 5) is 44.8. The maximum Gasteiger partial charge on any atom is 0.427 e. The number of benzene rings is 6. The van der Waals surface area contributed by atoms with Crippen molar-refractivity contribution in [2.24, 2.45) is 16.7 Å². The van der Waals surface area contributed by atoms with E-state index in [1.165, 1.54) is 0 Å². The minimum atomic E-state index is -0.516. The topological polar surface area (TPSA) is 138 Å². The Morgan fingerprint density at radius 1 is 0.655 bits per heavy atom. The first-order valence-corrected chi connectivity index (χ1v) is 19.6. The van der Waals surface area contributed by atoms with Gasteiger partial charge in [-0.25, -0.2) is 9.59 Å². The lowest BCUT2D eigenvalue weighted by Crippen LogP contribution is -2.48. The van der Waals surface area contributed by atoms with Gasteiger partial charge in [0.15, 0.2) is 0 Å². The molecule has 9 rings (SSSR count). The first-order chi connectivity index (χ1) is 28.0. The molecule has 58 heavy (non-hydrogen) atoms. The first kappa shape index (κ1) is 36.8. The van der Waals surface area contributed by atoms with Crippen LogP contribution in [0, 0.1) is 11.8 Å². The second kappa shape index (κ2) is 14.6. The van der Waals surface area contributed by atoms with Gasteiger partial charge in [0, 0.05) is 38.6 Å². The summed E-state index contributed by atoms with van der Waals surface area (Å²) < 4.78 is 10.8. The zero-order valence-electron chi connectivity index (χ0n) is 32.6. The summed E-state index contributed by atoms with van der Waals surface area (Å²) in [5, 5.41) is 27.4. The largest absolute Gasteiger partial charge is 0.506 e. The molecule has 1 aliphatic carbocycles. The molecule has 0 saturated carbocycles. The van der Waals surface area contributed by atoms with Gasteiger partial charge in [-0.15, -0.1) is 0 Å². The standard InChI is InChI=1S/C46H40B2N4O6/c1-25(2)23-57-45(55)29-11-17-31(18-12-29)47-49-35-9-5-7-27-15-21-33(41(51-47)37(27)35)39-43(53)40(44(39)54)34-22-16-28-8-6-10-36-38(28)42(34)52-48(50-36)32-19-13-30(14-20-32)46(56)58-24-26(3)4/h5-22,25-26,49-51,53H,23-24H2,1-4H3/b40-34-. The van der Waals surface area contributed by atoms with E-state index in [9.17, 15) is 19.5 Å². The Hall–Kier alpha value is -6.81. The van der Waals surface area contributed by atoms with Crippen LogP contribution < -0.4 is 37.2 Å². The number of hydrogen-bond donors (Lipinski definition) is 4. The van der Waals surface area contributed by atoms with E-state index in [1.54, 1.807) is 24.3 Å². The van der Waals surface area contributed by atoms with Gasteiger partial charge in [0.25, 0.3) is 0 Å². The van der Waals surface area contributed by atoms with E-state index < -0.39 is 14.0 Å². The highest BCUT2D eigenvalue weighted by molar-refractivity contribution is 6.80. The van der Waals surface area contributed by atoms with Gasteiger partial charge < -0.3 is 35.2 Å². The Labute approximate surface area is 335 Å². The molecule has 0 amide bonds. The maximum absolute atomic E-state index is 14.4. The fourth-order valence-electron chi connectivity index (χ4n) is 7.81. The van der Waals surface area contributed by atoms with Gasteiger partial charge in [0.05, 0.1) is 40.8 Å². The summed E-state index contributed by atoms with van der Waals surface area (Å²) in [6.07, 6.45) is 0. The zero-order valence-corrected chi connectivity index (χ0v) is 32.6. The molecule has 0 radical (unpaired) electrons. The Morgan fingerprint density at radius 3 is 1.83 bits per heavy atom. The lowest BCUT2D eigenvalue weighted by Gasteiger charge is -2.31. The summed E-state index contributed by atoms with van der Waals surface area (Å²) in [7, 11) is 0. The van der Waals surface area contributed by atoms with Crippen LogP contribution in [-0.2, 0) is 14.3 Å². The SMILES string of the molecule is CC(C)COC(=O)c1ccc(B2N=c3/c(=C4\C(=O)C(c5ccc6cccc7c6c5NB(c5ccc(C(=O)OCC(C)C)cc5)N7)=C4O)ccc4cccc(c34)N2)cc1. The van der Waals surface area contributed by atoms with E-state index in [1.807, 2.05) is 113 Å². The van der Waals surface area contributed by atoms with Crippen LogP contribution in [0.3, 0.4) is 0 Å². The highest BCUT2D eigenvalue weighted by Crippen LogP contribution is 2.45. The van der Waals surface area contributed by atoms with Crippen LogP contribution >= 0.6 is 0 Å². The molecule has 0 fully saturated rings. The van der Waals surface area contributed by atoms with Crippen molar-refractivity contribution in [1.29, 1.82) is 0 Å². The van der Waals surface area contributed by atoms with E-state index in [0.717, 1.165) is 49.5 Å². The van der Waals surface area contributed by atoms with Crippen LogP contribution in [0.5, 0.6) is 0 Å². The average Bonchev–Trinajstić information content (AvgIpc) is 3.23. The van der Waals surface area contributed by atoms with Crippen LogP contribution in [0.15, 0.2) is 120 Å². The molecule has 2 aliphatic heterocycles. The molecule has 12 heteroatoms. The number of anilines is 3. The van der Waals surface area contributed by atoms with Gasteiger partial charge in [-0.3, -0.25) is 4.79 Å². The van der Waals surface area contributed by atoms with E-state index in [2.05, 4.69) is 15.7 Å². The Balaban J connectivity index is 1.10. The van der Waals surface area contributed by atoms with Crippen molar-refractivity contribution in [1.82, 2.24) is 0 Å². The van der Waals surface area contributed by atoms with Crippen LogP contribution in [0.4, 0.5) is 17.1 Å². The number of rotatable bonds is 9. The van der Waals surface area contributed by atoms with Crippen molar-refractivity contribution < 1.29 is 29.0 Å². The van der Waals surface area contributed by atoms with Gasteiger partial charge in [-0.05, 0) is 69.9 Å². The quantitative estimate of drug-likeness (QED) is 0.103. The molecule has 2 heterocycles. The molecule has 0 bridgehead atoms. The Morgan fingerprint density at radius 2 is 1.22 bits per heavy atom. The fraction of sp³-hybridized carbons (Fsp3) is 0.174. The number of hydrogen-bond acceptors (Lipinski definition) is 10. The van der Waals surface area contributed by atoms with Gasteiger partial charge in [-0.1, -0.05) is 100 Å². The molecule has 0 spiro atoms. The summed E-state index contributed by atoms with van der Waals surface area (Å²) in [6.45, 7) is 7.74. The molecular formula is C46H40B2N4O6. The number of carbonyl (C=O) groups excluding carboxylic acids is 3. The number of Topliss-reactive ketones (excluding diaryl/α,β-unsaturated/α-hetero) is 1. The summed E-state index contributed by atoms with van der Waals surface area (Å²) in [5.74, 6) is -0.659. The van der Waals surface area contributed by atoms with Crippen molar-refractivity contribution in [2.75, 3.05) is 28.9 Å². The number of carbonyl (C=O) groups is 3. The number of aliphatic hydroxyl groups excluding tert-OH is 1. The molecule has 4 N–H and O–H groups in total. The average molecular weight is 766 g/mol. The van der Waals surface area contributed by atoms with Crippen molar-refractivity contribution >= 4 is 92.4 Å². The number of ketones is 1. The predicted molar refractivity (Wildman–Crippen MR) is 231 cm³/mol. The van der Waals surface area contributed by atoms with Gasteiger partial charge in [0.1, 0.15) is 5.76 Å². The van der Waals surface area contributed by atoms with Crippen LogP contribution in [-0.4, -0.2) is 50.0 Å². The van der Waals surface area contributed by atoms with Crippen LogP contribution in [0.1, 0.15) is 54.0 Å². The third-order valence-electron chi connectivity index (χ3n) is 10.7. The second-order valence-corrected chi connectivity index (χ2v) is 15.8. The molecule has 10 nitrogen and oxygen atoms in total. The van der Waals surface area contributed by atoms with E-state index in [0.29, 0.717) is 40.5 Å². The van der Waals surface area contributed by atoms with E-state index >= 15 is 0 Å². The molecule has 0 atom stereocenters.